The fourth-order valence-electron chi connectivity index (χ4n) is 4.34. The molecule has 1 amide bonds. The third-order valence-corrected chi connectivity index (χ3v) is 6.37. The van der Waals surface area contributed by atoms with Crippen LogP contribution >= 0.6 is 0 Å². The van der Waals surface area contributed by atoms with Crippen molar-refractivity contribution in [2.24, 2.45) is 0 Å². The van der Waals surface area contributed by atoms with Crippen LogP contribution in [-0.2, 0) is 11.2 Å². The van der Waals surface area contributed by atoms with Crippen LogP contribution in [0.3, 0.4) is 0 Å². The van der Waals surface area contributed by atoms with Crippen LogP contribution in [-0.4, -0.2) is 82.7 Å². The van der Waals surface area contributed by atoms with Gasteiger partial charge in [0, 0.05) is 31.7 Å². The van der Waals surface area contributed by atoms with Crippen LogP contribution in [0, 0.1) is 0 Å². The largest absolute Gasteiger partial charge is 0.493 e. The molecule has 0 N–H and O–H groups in total. The molecular formula is C27H32N4O6. The standard InChI is InChI=1S/C27H32N4O6/c1-33-21-8-6-18(14-22(21)34-2)15-26(32)31-12-10-30(11-13-31)25-9-7-20(28-29-25)19-16-23(35-3)27(37-5)24(17-19)36-4/h6-9,14,16-17H,10-13,15H2,1-5H3. The number of rotatable bonds is 9. The summed E-state index contributed by atoms with van der Waals surface area (Å²) >= 11 is 0. The summed E-state index contributed by atoms with van der Waals surface area (Å²) in [6.07, 6.45) is 0.309. The predicted octanol–water partition coefficient (Wildman–Crippen LogP) is 3.08. The molecule has 4 rings (SSSR count). The first-order chi connectivity index (χ1) is 18.0. The number of hydrogen-bond acceptors (Lipinski definition) is 9. The Labute approximate surface area is 216 Å². The van der Waals surface area contributed by atoms with Gasteiger partial charge in [-0.25, -0.2) is 0 Å². The highest BCUT2D eigenvalue weighted by molar-refractivity contribution is 5.79. The summed E-state index contributed by atoms with van der Waals surface area (Å²) in [7, 11) is 7.90. The molecule has 0 spiro atoms. The minimum absolute atomic E-state index is 0.0794. The topological polar surface area (TPSA) is 95.5 Å². The summed E-state index contributed by atoms with van der Waals surface area (Å²) in [6, 6.07) is 13.1. The number of anilines is 1. The molecule has 0 radical (unpaired) electrons. The molecule has 1 aliphatic heterocycles. The molecule has 3 aromatic rings. The van der Waals surface area contributed by atoms with Crippen LogP contribution < -0.4 is 28.6 Å². The number of hydrogen-bond donors (Lipinski definition) is 0. The molecule has 1 saturated heterocycles. The Bertz CT molecular complexity index is 1200. The predicted molar refractivity (Wildman–Crippen MR) is 139 cm³/mol. The van der Waals surface area contributed by atoms with Crippen molar-refractivity contribution in [2.45, 2.75) is 6.42 Å². The lowest BCUT2D eigenvalue weighted by atomic mass is 10.1. The first kappa shape index (κ1) is 25.9. The molecular weight excluding hydrogens is 476 g/mol. The van der Waals surface area contributed by atoms with Gasteiger partial charge in [-0.1, -0.05) is 6.07 Å². The van der Waals surface area contributed by atoms with E-state index in [1.165, 1.54) is 0 Å². The fourth-order valence-corrected chi connectivity index (χ4v) is 4.34. The number of amides is 1. The number of aromatic nitrogens is 2. The highest BCUT2D eigenvalue weighted by Gasteiger charge is 2.23. The molecule has 2 aromatic carbocycles. The summed E-state index contributed by atoms with van der Waals surface area (Å²) in [5.41, 5.74) is 2.38. The lowest BCUT2D eigenvalue weighted by Crippen LogP contribution is -2.49. The number of carbonyl (C=O) groups is 1. The second-order valence-electron chi connectivity index (χ2n) is 8.42. The van der Waals surface area contributed by atoms with Crippen molar-refractivity contribution in [3.63, 3.8) is 0 Å². The van der Waals surface area contributed by atoms with E-state index in [1.54, 1.807) is 35.5 Å². The smallest absolute Gasteiger partial charge is 0.227 e. The summed E-state index contributed by atoms with van der Waals surface area (Å²) in [5.74, 6) is 3.74. The molecule has 0 atom stereocenters. The Morgan fingerprint density at radius 3 is 1.92 bits per heavy atom. The van der Waals surface area contributed by atoms with Gasteiger partial charge in [-0.3, -0.25) is 4.79 Å². The third kappa shape index (κ3) is 5.63. The molecule has 1 aliphatic rings. The van der Waals surface area contributed by atoms with E-state index in [0.717, 1.165) is 16.9 Å². The van der Waals surface area contributed by atoms with E-state index < -0.39 is 0 Å². The number of carbonyl (C=O) groups excluding carboxylic acids is 1. The molecule has 10 heteroatoms. The van der Waals surface area contributed by atoms with Gasteiger partial charge < -0.3 is 33.5 Å². The van der Waals surface area contributed by atoms with Gasteiger partial charge in [0.25, 0.3) is 0 Å². The van der Waals surface area contributed by atoms with E-state index in [1.807, 2.05) is 47.4 Å². The fraction of sp³-hybridized carbons (Fsp3) is 0.370. The van der Waals surface area contributed by atoms with Crippen LogP contribution in [0.1, 0.15) is 5.56 Å². The summed E-state index contributed by atoms with van der Waals surface area (Å²) in [5, 5.41) is 8.86. The maximum atomic E-state index is 12.9. The van der Waals surface area contributed by atoms with Gasteiger partial charge >= 0.3 is 0 Å². The number of nitrogens with zero attached hydrogens (tertiary/aromatic N) is 4. The highest BCUT2D eigenvalue weighted by atomic mass is 16.5. The molecule has 0 unspecified atom stereocenters. The number of ether oxygens (including phenoxy) is 5. The molecule has 1 aromatic heterocycles. The van der Waals surface area contributed by atoms with Crippen molar-refractivity contribution >= 4 is 11.7 Å². The minimum atomic E-state index is 0.0794. The quantitative estimate of drug-likeness (QED) is 0.432. The normalized spacial score (nSPS) is 13.2. The zero-order valence-corrected chi connectivity index (χ0v) is 21.8. The molecule has 2 heterocycles. The lowest BCUT2D eigenvalue weighted by molar-refractivity contribution is -0.130. The number of benzene rings is 2. The zero-order chi connectivity index (χ0) is 26.4. The van der Waals surface area contributed by atoms with Gasteiger partial charge in [-0.2, -0.15) is 0 Å². The third-order valence-electron chi connectivity index (χ3n) is 6.37. The van der Waals surface area contributed by atoms with Crippen molar-refractivity contribution < 1.29 is 28.5 Å². The van der Waals surface area contributed by atoms with Crippen molar-refractivity contribution in [3.8, 4) is 40.0 Å². The van der Waals surface area contributed by atoms with Crippen LogP contribution in [0.4, 0.5) is 5.82 Å². The second kappa shape index (κ2) is 11.7. The molecule has 196 valence electrons. The average Bonchev–Trinajstić information content (AvgIpc) is 2.96. The van der Waals surface area contributed by atoms with Crippen LogP contribution in [0.5, 0.6) is 28.7 Å². The molecule has 37 heavy (non-hydrogen) atoms. The summed E-state index contributed by atoms with van der Waals surface area (Å²) in [6.45, 7) is 2.58. The zero-order valence-electron chi connectivity index (χ0n) is 21.8. The Hall–Kier alpha value is -4.21. The molecule has 0 saturated carbocycles. The number of piperazine rings is 1. The van der Waals surface area contributed by atoms with Crippen molar-refractivity contribution in [3.05, 3.63) is 48.0 Å². The Morgan fingerprint density at radius 2 is 1.38 bits per heavy atom. The van der Waals surface area contributed by atoms with Gasteiger partial charge in [-0.05, 0) is 42.0 Å². The Balaban J connectivity index is 1.38. The van der Waals surface area contributed by atoms with Crippen LogP contribution in [0.2, 0.25) is 0 Å². The molecule has 1 fully saturated rings. The van der Waals surface area contributed by atoms with E-state index in [0.29, 0.717) is 67.0 Å². The molecule has 10 nitrogen and oxygen atoms in total. The monoisotopic (exact) mass is 508 g/mol. The van der Waals surface area contributed by atoms with Crippen molar-refractivity contribution in [2.75, 3.05) is 66.6 Å². The first-order valence-corrected chi connectivity index (χ1v) is 11.9. The highest BCUT2D eigenvalue weighted by Crippen LogP contribution is 2.40. The molecule has 0 bridgehead atoms. The van der Waals surface area contributed by atoms with Gasteiger partial charge in [0.1, 0.15) is 0 Å². The summed E-state index contributed by atoms with van der Waals surface area (Å²) in [4.78, 5) is 16.9. The van der Waals surface area contributed by atoms with Gasteiger partial charge in [0.2, 0.25) is 11.7 Å². The second-order valence-corrected chi connectivity index (χ2v) is 8.42. The van der Waals surface area contributed by atoms with Crippen molar-refractivity contribution in [1.82, 2.24) is 15.1 Å². The maximum Gasteiger partial charge on any atom is 0.227 e. The van der Waals surface area contributed by atoms with Crippen LogP contribution in [0.15, 0.2) is 42.5 Å². The van der Waals surface area contributed by atoms with Gasteiger partial charge in [0.05, 0.1) is 47.7 Å². The average molecular weight is 509 g/mol. The SMILES string of the molecule is COc1ccc(CC(=O)N2CCN(c3ccc(-c4cc(OC)c(OC)c(OC)c4)nn3)CC2)cc1OC. The maximum absolute atomic E-state index is 12.9. The van der Waals surface area contributed by atoms with E-state index >= 15 is 0 Å². The van der Waals surface area contributed by atoms with Crippen molar-refractivity contribution in [1.29, 1.82) is 0 Å². The van der Waals surface area contributed by atoms with E-state index in [9.17, 15) is 4.79 Å². The van der Waals surface area contributed by atoms with E-state index in [-0.39, 0.29) is 5.91 Å². The molecule has 0 aliphatic carbocycles. The summed E-state index contributed by atoms with van der Waals surface area (Å²) < 4.78 is 26.9. The number of methoxy groups -OCH3 is 5. The van der Waals surface area contributed by atoms with E-state index in [4.69, 9.17) is 23.7 Å². The minimum Gasteiger partial charge on any atom is -0.493 e. The Kier molecular flexibility index (Phi) is 8.17. The van der Waals surface area contributed by atoms with E-state index in [2.05, 4.69) is 15.1 Å². The van der Waals surface area contributed by atoms with Crippen LogP contribution in [0.25, 0.3) is 11.3 Å². The van der Waals surface area contributed by atoms with Gasteiger partial charge in [0.15, 0.2) is 28.8 Å². The van der Waals surface area contributed by atoms with Gasteiger partial charge in [-0.15, -0.1) is 10.2 Å². The Morgan fingerprint density at radius 1 is 0.730 bits per heavy atom. The first-order valence-electron chi connectivity index (χ1n) is 11.9. The lowest BCUT2D eigenvalue weighted by Gasteiger charge is -2.35.